The summed E-state index contributed by atoms with van der Waals surface area (Å²) in [6.07, 6.45) is 0.538. The number of benzene rings is 1. The number of aromatic nitrogens is 1. The molecule has 8 heteroatoms. The van der Waals surface area contributed by atoms with Crippen molar-refractivity contribution >= 4 is 11.7 Å². The minimum Gasteiger partial charge on any atom is -0.497 e. The Morgan fingerprint density at radius 1 is 1.14 bits per heavy atom. The van der Waals surface area contributed by atoms with Crippen molar-refractivity contribution in [2.24, 2.45) is 7.05 Å². The molecule has 28 heavy (non-hydrogen) atoms. The Morgan fingerprint density at radius 2 is 1.93 bits per heavy atom. The lowest BCUT2D eigenvalue weighted by Gasteiger charge is -2.19. The van der Waals surface area contributed by atoms with E-state index in [1.54, 1.807) is 41.8 Å². The molecule has 0 bridgehead atoms. The predicted molar refractivity (Wildman–Crippen MR) is 106 cm³/mol. The second-order valence-electron chi connectivity index (χ2n) is 6.70. The number of urea groups is 1. The average Bonchev–Trinajstić information content (AvgIpc) is 3.15. The van der Waals surface area contributed by atoms with Crippen molar-refractivity contribution in [1.29, 1.82) is 0 Å². The zero-order chi connectivity index (χ0) is 20.3. The van der Waals surface area contributed by atoms with Crippen LogP contribution in [0.4, 0.5) is 10.5 Å². The van der Waals surface area contributed by atoms with Crippen LogP contribution in [-0.2, 0) is 7.05 Å². The van der Waals surface area contributed by atoms with E-state index in [9.17, 15) is 9.59 Å². The molecule has 0 saturated carbocycles. The third-order valence-electron chi connectivity index (χ3n) is 4.86. The Labute approximate surface area is 163 Å². The molecule has 2 heterocycles. The van der Waals surface area contributed by atoms with Gasteiger partial charge in [-0.3, -0.25) is 4.79 Å². The van der Waals surface area contributed by atoms with Crippen LogP contribution in [0.1, 0.15) is 12.1 Å². The summed E-state index contributed by atoms with van der Waals surface area (Å²) >= 11 is 0. The highest BCUT2D eigenvalue weighted by Crippen LogP contribution is 2.29. The third kappa shape index (κ3) is 4.21. The number of rotatable bonds is 5. The number of methoxy groups -OCH3 is 2. The number of pyridine rings is 1. The Bertz CT molecular complexity index is 925. The Balaban J connectivity index is 1.62. The summed E-state index contributed by atoms with van der Waals surface area (Å²) in [5.41, 5.74) is 1.27. The van der Waals surface area contributed by atoms with Crippen molar-refractivity contribution in [1.82, 2.24) is 9.47 Å². The van der Waals surface area contributed by atoms with E-state index in [-0.39, 0.29) is 17.7 Å². The molecular formula is C20H25N3O5. The second-order valence-corrected chi connectivity index (χ2v) is 6.70. The van der Waals surface area contributed by atoms with Crippen LogP contribution in [0.5, 0.6) is 17.2 Å². The minimum atomic E-state index is -0.227. The van der Waals surface area contributed by atoms with Gasteiger partial charge in [0.1, 0.15) is 23.4 Å². The van der Waals surface area contributed by atoms with Crippen LogP contribution >= 0.6 is 0 Å². The first-order valence-corrected chi connectivity index (χ1v) is 9.03. The molecule has 1 unspecified atom stereocenters. The van der Waals surface area contributed by atoms with Crippen molar-refractivity contribution in [3.63, 3.8) is 0 Å². The number of hydrogen-bond acceptors (Lipinski definition) is 5. The van der Waals surface area contributed by atoms with Crippen LogP contribution in [0, 0.1) is 6.92 Å². The summed E-state index contributed by atoms with van der Waals surface area (Å²) in [5.74, 6) is 1.70. The molecule has 0 radical (unpaired) electrons. The second kappa shape index (κ2) is 8.24. The monoisotopic (exact) mass is 387 g/mol. The van der Waals surface area contributed by atoms with Gasteiger partial charge in [-0.05, 0) is 25.1 Å². The molecule has 1 saturated heterocycles. The van der Waals surface area contributed by atoms with Crippen LogP contribution in [0.25, 0.3) is 0 Å². The first kappa shape index (κ1) is 19.6. The molecule has 1 fully saturated rings. The molecule has 8 nitrogen and oxygen atoms in total. The summed E-state index contributed by atoms with van der Waals surface area (Å²) in [4.78, 5) is 26.2. The maximum absolute atomic E-state index is 12.6. The summed E-state index contributed by atoms with van der Waals surface area (Å²) in [6.45, 7) is 2.86. The van der Waals surface area contributed by atoms with Crippen molar-refractivity contribution in [2.75, 3.05) is 32.6 Å². The van der Waals surface area contributed by atoms with E-state index in [0.29, 0.717) is 42.4 Å². The molecule has 0 aliphatic carbocycles. The minimum absolute atomic E-state index is 0.116. The van der Waals surface area contributed by atoms with Gasteiger partial charge in [0, 0.05) is 37.8 Å². The average molecular weight is 387 g/mol. The van der Waals surface area contributed by atoms with Crippen molar-refractivity contribution in [3.8, 4) is 17.2 Å². The quantitative estimate of drug-likeness (QED) is 0.852. The van der Waals surface area contributed by atoms with Gasteiger partial charge in [0.2, 0.25) is 0 Å². The number of hydrogen-bond donors (Lipinski definition) is 1. The maximum atomic E-state index is 12.6. The summed E-state index contributed by atoms with van der Waals surface area (Å²) < 4.78 is 18.0. The van der Waals surface area contributed by atoms with Crippen molar-refractivity contribution in [3.05, 3.63) is 46.4 Å². The Hall–Kier alpha value is -3.16. The van der Waals surface area contributed by atoms with Crippen LogP contribution in [0.15, 0.2) is 35.1 Å². The number of ether oxygens (including phenoxy) is 3. The van der Waals surface area contributed by atoms with Crippen molar-refractivity contribution < 1.29 is 19.0 Å². The molecular weight excluding hydrogens is 362 g/mol. The standard InChI is InChI=1S/C20H25N3O5/c1-13-9-16(11-19(24)22(13)2)28-15-7-8-23(12-15)20(25)21-17-6-5-14(26-3)10-18(17)27-4/h5-6,9-11,15H,7-8,12H2,1-4H3,(H,21,25). The number of carbonyl (C=O) groups is 1. The number of nitrogens with one attached hydrogen (secondary N) is 1. The van der Waals surface area contributed by atoms with Gasteiger partial charge in [-0.2, -0.15) is 0 Å². The number of likely N-dealkylation sites (tertiary alicyclic amines) is 1. The molecule has 1 N–H and O–H groups in total. The third-order valence-corrected chi connectivity index (χ3v) is 4.86. The van der Waals surface area contributed by atoms with E-state index >= 15 is 0 Å². The fourth-order valence-electron chi connectivity index (χ4n) is 3.10. The van der Waals surface area contributed by atoms with Crippen LogP contribution in [0.2, 0.25) is 0 Å². The molecule has 2 amide bonds. The zero-order valence-corrected chi connectivity index (χ0v) is 16.5. The molecule has 1 aromatic carbocycles. The number of nitrogens with zero attached hydrogens (tertiary/aromatic N) is 2. The topological polar surface area (TPSA) is 82.0 Å². The largest absolute Gasteiger partial charge is 0.497 e. The molecule has 1 atom stereocenters. The van der Waals surface area contributed by atoms with Gasteiger partial charge in [0.05, 0.1) is 26.5 Å². The molecule has 1 aliphatic rings. The van der Waals surface area contributed by atoms with Gasteiger partial charge < -0.3 is 29.0 Å². The van der Waals surface area contributed by atoms with Gasteiger partial charge in [0.15, 0.2) is 0 Å². The lowest BCUT2D eigenvalue weighted by Crippen LogP contribution is -2.34. The highest BCUT2D eigenvalue weighted by atomic mass is 16.5. The van der Waals surface area contributed by atoms with Gasteiger partial charge in [-0.15, -0.1) is 0 Å². The van der Waals surface area contributed by atoms with Gasteiger partial charge >= 0.3 is 6.03 Å². The number of amides is 2. The summed E-state index contributed by atoms with van der Waals surface area (Å²) in [5, 5.41) is 2.86. The van der Waals surface area contributed by atoms with Crippen LogP contribution in [0.3, 0.4) is 0 Å². The van der Waals surface area contributed by atoms with Crippen LogP contribution < -0.4 is 25.1 Å². The molecule has 2 aromatic rings. The highest BCUT2D eigenvalue weighted by molar-refractivity contribution is 5.91. The first-order valence-electron chi connectivity index (χ1n) is 9.03. The van der Waals surface area contributed by atoms with Gasteiger partial charge in [-0.25, -0.2) is 4.79 Å². The molecule has 0 spiro atoms. The summed E-state index contributed by atoms with van der Waals surface area (Å²) in [7, 11) is 4.83. The number of carbonyl (C=O) groups excluding carboxylic acids is 1. The van der Waals surface area contributed by atoms with E-state index in [0.717, 1.165) is 5.69 Å². The number of aryl methyl sites for hydroxylation is 1. The highest BCUT2D eigenvalue weighted by Gasteiger charge is 2.28. The lowest BCUT2D eigenvalue weighted by atomic mass is 10.2. The summed E-state index contributed by atoms with van der Waals surface area (Å²) in [6, 6.07) is 8.28. The van der Waals surface area contributed by atoms with Gasteiger partial charge in [0.25, 0.3) is 5.56 Å². The van der Waals surface area contributed by atoms with E-state index in [1.807, 2.05) is 13.0 Å². The van der Waals surface area contributed by atoms with E-state index in [2.05, 4.69) is 5.32 Å². The van der Waals surface area contributed by atoms with Gasteiger partial charge in [-0.1, -0.05) is 0 Å². The molecule has 1 aromatic heterocycles. The fraction of sp³-hybridized carbons (Fsp3) is 0.400. The molecule has 1 aliphatic heterocycles. The number of anilines is 1. The first-order chi connectivity index (χ1) is 13.4. The molecule has 3 rings (SSSR count). The normalized spacial score (nSPS) is 16.0. The lowest BCUT2D eigenvalue weighted by molar-refractivity contribution is 0.194. The predicted octanol–water partition coefficient (Wildman–Crippen LogP) is 2.40. The Kier molecular flexibility index (Phi) is 5.77. The van der Waals surface area contributed by atoms with E-state index in [4.69, 9.17) is 14.2 Å². The molecule has 150 valence electrons. The van der Waals surface area contributed by atoms with E-state index in [1.165, 1.54) is 13.2 Å². The fourth-order valence-corrected chi connectivity index (χ4v) is 3.10. The van der Waals surface area contributed by atoms with E-state index < -0.39 is 0 Å². The Morgan fingerprint density at radius 3 is 2.61 bits per heavy atom. The smallest absolute Gasteiger partial charge is 0.322 e. The zero-order valence-electron chi connectivity index (χ0n) is 16.5. The SMILES string of the molecule is COc1ccc(NC(=O)N2CCC(Oc3cc(C)n(C)c(=O)c3)C2)c(OC)c1. The maximum Gasteiger partial charge on any atom is 0.322 e. The van der Waals surface area contributed by atoms with Crippen LogP contribution in [-0.4, -0.2) is 48.9 Å². The van der Waals surface area contributed by atoms with Crippen molar-refractivity contribution in [2.45, 2.75) is 19.4 Å².